The van der Waals surface area contributed by atoms with Gasteiger partial charge in [-0.2, -0.15) is 0 Å². The molecule has 0 heterocycles. The molecule has 3 aliphatic carbocycles. The standard InChI is InChI=1S/C17H24O3/c1-17(6-4-14(18)5-7-17)8-9-20-16(19)15-11-12-2-3-13(15)10-12/h2-3,12-13,15H,4-11H2,1H3. The third-order valence-electron chi connectivity index (χ3n) is 5.55. The zero-order valence-corrected chi connectivity index (χ0v) is 12.3. The van der Waals surface area contributed by atoms with Crippen molar-refractivity contribution in [3.8, 4) is 0 Å². The van der Waals surface area contributed by atoms with Crippen molar-refractivity contribution >= 4 is 11.8 Å². The molecule has 20 heavy (non-hydrogen) atoms. The van der Waals surface area contributed by atoms with Crippen LogP contribution in [0.25, 0.3) is 0 Å². The molecule has 3 atom stereocenters. The number of allylic oxidation sites excluding steroid dienone is 2. The third kappa shape index (κ3) is 2.82. The Bertz CT molecular complexity index is 428. The largest absolute Gasteiger partial charge is 0.465 e. The highest BCUT2D eigenvalue weighted by molar-refractivity contribution is 5.79. The van der Waals surface area contributed by atoms with Crippen LogP contribution in [-0.2, 0) is 14.3 Å². The molecular weight excluding hydrogens is 252 g/mol. The molecule has 2 bridgehead atoms. The lowest BCUT2D eigenvalue weighted by atomic mass is 9.73. The molecule has 3 unspecified atom stereocenters. The van der Waals surface area contributed by atoms with E-state index in [0.29, 0.717) is 37.1 Å². The van der Waals surface area contributed by atoms with Crippen LogP contribution in [0.3, 0.4) is 0 Å². The van der Waals surface area contributed by atoms with E-state index in [4.69, 9.17) is 4.74 Å². The number of carbonyl (C=O) groups is 2. The number of ketones is 1. The number of Topliss-reactive ketones (excluding diaryl/α,β-unsaturated/α-hetero) is 1. The van der Waals surface area contributed by atoms with Crippen molar-refractivity contribution in [1.82, 2.24) is 0 Å². The van der Waals surface area contributed by atoms with Gasteiger partial charge in [-0.3, -0.25) is 9.59 Å². The fraction of sp³-hybridized carbons (Fsp3) is 0.765. The van der Waals surface area contributed by atoms with Crippen LogP contribution in [0, 0.1) is 23.2 Å². The fourth-order valence-electron chi connectivity index (χ4n) is 3.94. The summed E-state index contributed by atoms with van der Waals surface area (Å²) in [4.78, 5) is 23.4. The Hall–Kier alpha value is -1.12. The monoisotopic (exact) mass is 276 g/mol. The summed E-state index contributed by atoms with van der Waals surface area (Å²) in [5, 5.41) is 0. The molecule has 0 spiro atoms. The minimum atomic E-state index is -0.00247. The topological polar surface area (TPSA) is 43.4 Å². The quantitative estimate of drug-likeness (QED) is 0.584. The first-order chi connectivity index (χ1) is 9.56. The summed E-state index contributed by atoms with van der Waals surface area (Å²) in [6, 6.07) is 0. The Labute approximate surface area is 120 Å². The van der Waals surface area contributed by atoms with Crippen LogP contribution >= 0.6 is 0 Å². The van der Waals surface area contributed by atoms with Gasteiger partial charge in [0.05, 0.1) is 12.5 Å². The SMILES string of the molecule is CC1(CCOC(=O)C2CC3C=CC2C3)CCC(=O)CC1. The summed E-state index contributed by atoms with van der Waals surface area (Å²) in [5.74, 6) is 1.52. The van der Waals surface area contributed by atoms with Crippen molar-refractivity contribution in [2.24, 2.45) is 23.2 Å². The maximum atomic E-state index is 12.1. The molecule has 0 aliphatic heterocycles. The average Bonchev–Trinajstić information content (AvgIpc) is 3.05. The van der Waals surface area contributed by atoms with E-state index >= 15 is 0 Å². The normalized spacial score (nSPS) is 34.5. The van der Waals surface area contributed by atoms with Crippen LogP contribution in [0.15, 0.2) is 12.2 Å². The van der Waals surface area contributed by atoms with Crippen LogP contribution in [0.5, 0.6) is 0 Å². The minimum absolute atomic E-state index is 0.00247. The Kier molecular flexibility index (Phi) is 3.70. The van der Waals surface area contributed by atoms with E-state index in [0.717, 1.165) is 32.1 Å². The Morgan fingerprint density at radius 1 is 1.30 bits per heavy atom. The van der Waals surface area contributed by atoms with Crippen LogP contribution < -0.4 is 0 Å². The molecule has 0 saturated heterocycles. The summed E-state index contributed by atoms with van der Waals surface area (Å²) in [6.07, 6.45) is 10.7. The first-order valence-corrected chi connectivity index (χ1v) is 7.92. The molecule has 0 aromatic carbocycles. The molecule has 0 N–H and O–H groups in total. The fourth-order valence-corrected chi connectivity index (χ4v) is 3.94. The van der Waals surface area contributed by atoms with Gasteiger partial charge in [0.2, 0.25) is 0 Å². The highest BCUT2D eigenvalue weighted by Gasteiger charge is 2.41. The molecule has 3 heteroatoms. The van der Waals surface area contributed by atoms with Crippen molar-refractivity contribution in [2.75, 3.05) is 6.61 Å². The first-order valence-electron chi connectivity index (χ1n) is 7.92. The summed E-state index contributed by atoms with van der Waals surface area (Å²) in [7, 11) is 0. The number of hydrogen-bond acceptors (Lipinski definition) is 3. The Morgan fingerprint density at radius 2 is 2.05 bits per heavy atom. The molecule has 2 saturated carbocycles. The van der Waals surface area contributed by atoms with Gasteiger partial charge in [0.25, 0.3) is 0 Å². The van der Waals surface area contributed by atoms with E-state index in [9.17, 15) is 9.59 Å². The molecule has 0 amide bonds. The smallest absolute Gasteiger partial charge is 0.309 e. The van der Waals surface area contributed by atoms with Gasteiger partial charge in [-0.1, -0.05) is 19.1 Å². The molecule has 0 aromatic rings. The van der Waals surface area contributed by atoms with Crippen LogP contribution in [0.4, 0.5) is 0 Å². The Balaban J connectivity index is 1.42. The second-order valence-electron chi connectivity index (χ2n) is 7.15. The number of fused-ring (bicyclic) bond motifs is 2. The lowest BCUT2D eigenvalue weighted by Gasteiger charge is -2.32. The van der Waals surface area contributed by atoms with Gasteiger partial charge in [-0.15, -0.1) is 0 Å². The number of ether oxygens (including phenoxy) is 1. The van der Waals surface area contributed by atoms with Crippen LogP contribution in [-0.4, -0.2) is 18.4 Å². The summed E-state index contributed by atoms with van der Waals surface area (Å²) < 4.78 is 5.52. The lowest BCUT2D eigenvalue weighted by Crippen LogP contribution is -2.28. The van der Waals surface area contributed by atoms with E-state index in [2.05, 4.69) is 19.1 Å². The molecule has 3 nitrogen and oxygen atoms in total. The van der Waals surface area contributed by atoms with Crippen LogP contribution in [0.2, 0.25) is 0 Å². The summed E-state index contributed by atoms with van der Waals surface area (Å²) in [5.41, 5.74) is 0.183. The predicted molar refractivity (Wildman–Crippen MR) is 76.0 cm³/mol. The minimum Gasteiger partial charge on any atom is -0.465 e. The van der Waals surface area contributed by atoms with Crippen LogP contribution in [0.1, 0.15) is 51.9 Å². The molecule has 3 rings (SSSR count). The van der Waals surface area contributed by atoms with E-state index < -0.39 is 0 Å². The van der Waals surface area contributed by atoms with E-state index in [-0.39, 0.29) is 17.3 Å². The second kappa shape index (κ2) is 5.34. The third-order valence-corrected chi connectivity index (χ3v) is 5.55. The average molecular weight is 276 g/mol. The van der Waals surface area contributed by atoms with Crippen molar-refractivity contribution < 1.29 is 14.3 Å². The van der Waals surface area contributed by atoms with Gasteiger partial charge in [-0.25, -0.2) is 0 Å². The molecule has 0 aromatic heterocycles. The zero-order chi connectivity index (χ0) is 14.2. The van der Waals surface area contributed by atoms with E-state index in [1.165, 1.54) is 0 Å². The van der Waals surface area contributed by atoms with Gasteiger partial charge in [-0.05, 0) is 49.4 Å². The second-order valence-corrected chi connectivity index (χ2v) is 7.15. The molecular formula is C17H24O3. The highest BCUT2D eigenvalue weighted by atomic mass is 16.5. The molecule has 0 radical (unpaired) electrons. The van der Waals surface area contributed by atoms with Crippen molar-refractivity contribution in [1.29, 1.82) is 0 Å². The zero-order valence-electron chi connectivity index (χ0n) is 12.3. The van der Waals surface area contributed by atoms with Crippen molar-refractivity contribution in [2.45, 2.75) is 51.9 Å². The molecule has 3 aliphatic rings. The first kappa shape index (κ1) is 13.8. The van der Waals surface area contributed by atoms with Gasteiger partial charge in [0.15, 0.2) is 0 Å². The van der Waals surface area contributed by atoms with E-state index in [1.807, 2.05) is 0 Å². The Morgan fingerprint density at radius 3 is 2.65 bits per heavy atom. The molecule has 2 fully saturated rings. The highest BCUT2D eigenvalue weighted by Crippen LogP contribution is 2.44. The van der Waals surface area contributed by atoms with Gasteiger partial charge in [0, 0.05) is 12.8 Å². The number of carbonyl (C=O) groups excluding carboxylic acids is 2. The maximum Gasteiger partial charge on any atom is 0.309 e. The predicted octanol–water partition coefficient (Wildman–Crippen LogP) is 3.28. The summed E-state index contributed by atoms with van der Waals surface area (Å²) in [6.45, 7) is 2.73. The van der Waals surface area contributed by atoms with Gasteiger partial charge >= 0.3 is 5.97 Å². The lowest BCUT2D eigenvalue weighted by molar-refractivity contribution is -0.150. The van der Waals surface area contributed by atoms with Gasteiger partial charge in [0.1, 0.15) is 5.78 Å². The van der Waals surface area contributed by atoms with Crippen molar-refractivity contribution in [3.05, 3.63) is 12.2 Å². The van der Waals surface area contributed by atoms with Crippen molar-refractivity contribution in [3.63, 3.8) is 0 Å². The van der Waals surface area contributed by atoms with E-state index in [1.54, 1.807) is 0 Å². The van der Waals surface area contributed by atoms with Gasteiger partial charge < -0.3 is 4.74 Å². The number of hydrogen-bond donors (Lipinski definition) is 0. The molecule has 110 valence electrons. The number of esters is 1. The number of rotatable bonds is 4. The maximum absolute atomic E-state index is 12.1. The summed E-state index contributed by atoms with van der Waals surface area (Å²) >= 11 is 0.